The largest absolute Gasteiger partial charge is 0.152 e. The van der Waals surface area contributed by atoms with Crippen molar-refractivity contribution in [2.45, 2.75) is 52.6 Å². The van der Waals surface area contributed by atoms with Gasteiger partial charge < -0.3 is 0 Å². The highest BCUT2D eigenvalue weighted by Gasteiger charge is 2.37. The van der Waals surface area contributed by atoms with Gasteiger partial charge in [0.1, 0.15) is 8.07 Å². The molecule has 0 aliphatic carbocycles. The fraction of sp³-hybridized carbons (Fsp3) is 0.556. The smallest absolute Gasteiger partial charge is 0.119 e. The molecule has 0 aromatic heterocycles. The van der Waals surface area contributed by atoms with Crippen LogP contribution in [0.1, 0.15) is 34.6 Å². The van der Waals surface area contributed by atoms with Gasteiger partial charge in [-0.25, -0.2) is 0 Å². The first-order chi connectivity index (χ1) is 9.37. The molecular weight excluding hydrogens is 312 g/mol. The maximum Gasteiger partial charge on any atom is 0.119 e. The minimum atomic E-state index is -1.74. The van der Waals surface area contributed by atoms with E-state index in [2.05, 4.69) is 84.1 Å². The number of benzene rings is 1. The van der Waals surface area contributed by atoms with Gasteiger partial charge in [-0.1, -0.05) is 75.5 Å². The topological polar surface area (TPSA) is 0 Å². The quantitative estimate of drug-likeness (QED) is 0.409. The second kappa shape index (κ2) is 6.52. The van der Waals surface area contributed by atoms with Gasteiger partial charge in [0.15, 0.2) is 0 Å². The minimum absolute atomic E-state index is 0.112. The standard InChI is InChI=1S/C18H29ClSSi/c1-17(2,3)15(18(4,5)19)13-16(20)21(6,7)14-11-9-8-10-12-14/h8-13,15,20H,1-7H3/b16-13-. The molecule has 1 rings (SSSR count). The van der Waals surface area contributed by atoms with E-state index in [-0.39, 0.29) is 16.2 Å². The lowest BCUT2D eigenvalue weighted by molar-refractivity contribution is 0.246. The van der Waals surface area contributed by atoms with Crippen LogP contribution >= 0.6 is 24.2 Å². The van der Waals surface area contributed by atoms with Gasteiger partial charge in [-0.05, 0) is 23.8 Å². The Balaban J connectivity index is 3.23. The third-order valence-corrected chi connectivity index (χ3v) is 9.42. The van der Waals surface area contributed by atoms with Crippen LogP contribution < -0.4 is 5.19 Å². The van der Waals surface area contributed by atoms with Crippen LogP contribution in [0, 0.1) is 11.3 Å². The number of hydrogen-bond donors (Lipinski definition) is 1. The van der Waals surface area contributed by atoms with Crippen molar-refractivity contribution >= 4 is 37.5 Å². The predicted octanol–water partition coefficient (Wildman–Crippen LogP) is 5.63. The van der Waals surface area contributed by atoms with Crippen LogP contribution in [0.5, 0.6) is 0 Å². The zero-order valence-corrected chi connectivity index (χ0v) is 17.0. The first-order valence-corrected chi connectivity index (χ1v) is 11.3. The van der Waals surface area contributed by atoms with Crippen molar-refractivity contribution in [2.24, 2.45) is 11.3 Å². The molecular formula is C18H29ClSSi. The molecule has 0 aliphatic rings. The van der Waals surface area contributed by atoms with Crippen LogP contribution in [0.25, 0.3) is 0 Å². The summed E-state index contributed by atoms with van der Waals surface area (Å²) in [6.07, 6.45) is 2.31. The first-order valence-electron chi connectivity index (χ1n) is 7.52. The molecule has 0 amide bonds. The second-order valence-corrected chi connectivity index (χ2v) is 14.2. The molecule has 0 fully saturated rings. The molecule has 1 aromatic rings. The van der Waals surface area contributed by atoms with Crippen molar-refractivity contribution < 1.29 is 0 Å². The number of alkyl halides is 1. The summed E-state index contributed by atoms with van der Waals surface area (Å²) in [5.41, 5.74) is 0.112. The Morgan fingerprint density at radius 1 is 1.10 bits per heavy atom. The SMILES string of the molecule is CC(C)(C)C(/C=C(/S)[Si](C)(C)c1ccccc1)C(C)(C)Cl. The molecule has 0 saturated carbocycles. The summed E-state index contributed by atoms with van der Waals surface area (Å²) in [5.74, 6) is 0.273. The molecule has 0 heterocycles. The Labute approximate surface area is 142 Å². The summed E-state index contributed by atoms with van der Waals surface area (Å²) >= 11 is 11.6. The second-order valence-electron chi connectivity index (χ2n) is 7.95. The molecule has 1 atom stereocenters. The molecule has 0 radical (unpaired) electrons. The molecule has 0 aliphatic heterocycles. The normalized spacial score (nSPS) is 16.0. The van der Waals surface area contributed by atoms with Gasteiger partial charge in [0.2, 0.25) is 0 Å². The predicted molar refractivity (Wildman–Crippen MR) is 104 cm³/mol. The number of rotatable bonds is 4. The first kappa shape index (κ1) is 18.9. The van der Waals surface area contributed by atoms with E-state index in [4.69, 9.17) is 24.2 Å². The summed E-state index contributed by atoms with van der Waals surface area (Å²) in [6.45, 7) is 15.6. The van der Waals surface area contributed by atoms with Gasteiger partial charge >= 0.3 is 0 Å². The van der Waals surface area contributed by atoms with Crippen molar-refractivity contribution in [1.29, 1.82) is 0 Å². The Morgan fingerprint density at radius 2 is 1.57 bits per heavy atom. The number of allylic oxidation sites excluding steroid dienone is 1. The van der Waals surface area contributed by atoms with Gasteiger partial charge in [0, 0.05) is 10.8 Å². The number of hydrogen-bond acceptors (Lipinski definition) is 1. The van der Waals surface area contributed by atoms with E-state index in [0.29, 0.717) is 0 Å². The van der Waals surface area contributed by atoms with Gasteiger partial charge in [-0.2, -0.15) is 12.6 Å². The molecule has 0 saturated heterocycles. The lowest BCUT2D eigenvalue weighted by atomic mass is 9.74. The van der Waals surface area contributed by atoms with Crippen LogP contribution in [0.2, 0.25) is 13.1 Å². The lowest BCUT2D eigenvalue weighted by Gasteiger charge is -2.38. The van der Waals surface area contributed by atoms with Gasteiger partial charge in [0.05, 0.1) is 0 Å². The minimum Gasteiger partial charge on any atom is -0.152 e. The van der Waals surface area contributed by atoms with E-state index in [0.717, 1.165) is 0 Å². The van der Waals surface area contributed by atoms with Crippen LogP contribution in [0.4, 0.5) is 0 Å². The summed E-state index contributed by atoms with van der Waals surface area (Å²) in [4.78, 5) is -0.284. The summed E-state index contributed by atoms with van der Waals surface area (Å²) < 4.78 is 1.21. The van der Waals surface area contributed by atoms with E-state index < -0.39 is 8.07 Å². The zero-order valence-electron chi connectivity index (χ0n) is 14.4. The number of thiol groups is 1. The van der Waals surface area contributed by atoms with Gasteiger partial charge in [-0.3, -0.25) is 0 Å². The fourth-order valence-corrected chi connectivity index (χ4v) is 5.68. The van der Waals surface area contributed by atoms with E-state index in [1.54, 1.807) is 0 Å². The van der Waals surface area contributed by atoms with Crippen molar-refractivity contribution in [3.63, 3.8) is 0 Å². The lowest BCUT2D eigenvalue weighted by Crippen LogP contribution is -2.43. The van der Waals surface area contributed by atoms with Crippen LogP contribution in [-0.2, 0) is 0 Å². The Kier molecular flexibility index (Phi) is 5.85. The Morgan fingerprint density at radius 3 is 1.95 bits per heavy atom. The monoisotopic (exact) mass is 340 g/mol. The van der Waals surface area contributed by atoms with Gasteiger partial charge in [0.25, 0.3) is 0 Å². The van der Waals surface area contributed by atoms with Crippen molar-refractivity contribution in [3.05, 3.63) is 40.9 Å². The Hall–Kier alpha value is -0.183. The Bertz CT molecular complexity index is 478. The van der Waals surface area contributed by atoms with E-state index in [1.165, 1.54) is 9.72 Å². The van der Waals surface area contributed by atoms with Crippen molar-refractivity contribution in [1.82, 2.24) is 0 Å². The van der Waals surface area contributed by atoms with Gasteiger partial charge in [-0.15, -0.1) is 11.6 Å². The summed E-state index contributed by atoms with van der Waals surface area (Å²) in [5, 5.41) is 1.41. The maximum absolute atomic E-state index is 6.66. The van der Waals surface area contributed by atoms with Crippen LogP contribution in [0.3, 0.4) is 0 Å². The average Bonchev–Trinajstić information content (AvgIpc) is 2.33. The van der Waals surface area contributed by atoms with E-state index in [1.807, 2.05) is 0 Å². The molecule has 1 aromatic carbocycles. The molecule has 3 heteroatoms. The average molecular weight is 341 g/mol. The molecule has 1 unspecified atom stereocenters. The van der Waals surface area contributed by atoms with E-state index >= 15 is 0 Å². The summed E-state index contributed by atoms with van der Waals surface area (Å²) in [6, 6.07) is 10.7. The van der Waals surface area contributed by atoms with Crippen LogP contribution in [-0.4, -0.2) is 12.9 Å². The molecule has 0 N–H and O–H groups in total. The third-order valence-electron chi connectivity index (χ3n) is 4.13. The molecule has 0 bridgehead atoms. The molecule has 0 spiro atoms. The van der Waals surface area contributed by atoms with Crippen molar-refractivity contribution in [2.75, 3.05) is 0 Å². The van der Waals surface area contributed by atoms with Crippen molar-refractivity contribution in [3.8, 4) is 0 Å². The highest BCUT2D eigenvalue weighted by atomic mass is 35.5. The molecule has 0 nitrogen and oxygen atoms in total. The highest BCUT2D eigenvalue weighted by Crippen LogP contribution is 2.41. The highest BCUT2D eigenvalue weighted by molar-refractivity contribution is 7.87. The summed E-state index contributed by atoms with van der Waals surface area (Å²) in [7, 11) is -1.74. The molecule has 21 heavy (non-hydrogen) atoms. The number of halogens is 1. The molecule has 118 valence electrons. The maximum atomic E-state index is 6.66. The third kappa shape index (κ3) is 4.90. The van der Waals surface area contributed by atoms with Crippen LogP contribution in [0.15, 0.2) is 40.9 Å². The zero-order chi connectivity index (χ0) is 16.5. The van der Waals surface area contributed by atoms with E-state index in [9.17, 15) is 0 Å². The fourth-order valence-electron chi connectivity index (χ4n) is 2.85.